The van der Waals surface area contributed by atoms with Crippen LogP contribution in [0.2, 0.25) is 0 Å². The van der Waals surface area contributed by atoms with E-state index in [1.165, 1.54) is 12.1 Å². The quantitative estimate of drug-likeness (QED) is 0.561. The molecular formula is C12H22ClN3. The minimum atomic E-state index is 0.712. The number of nitrogens with one attached hydrogen (secondary N) is 1. The number of nitrogens with zero attached hydrogens (tertiary/aromatic N) is 2. The van der Waals surface area contributed by atoms with Crippen molar-refractivity contribution in [3.8, 4) is 0 Å². The van der Waals surface area contributed by atoms with Gasteiger partial charge >= 0.3 is 0 Å². The van der Waals surface area contributed by atoms with Gasteiger partial charge in [0, 0.05) is 37.8 Å². The van der Waals surface area contributed by atoms with E-state index < -0.39 is 0 Å². The van der Waals surface area contributed by atoms with E-state index in [0.29, 0.717) is 5.92 Å². The van der Waals surface area contributed by atoms with Crippen LogP contribution in [-0.4, -0.2) is 28.8 Å². The predicted molar refractivity (Wildman–Crippen MR) is 68.9 cm³/mol. The molecule has 0 aliphatic carbocycles. The average Bonchev–Trinajstić information content (AvgIpc) is 2.69. The Balaban J connectivity index is 2.14. The lowest BCUT2D eigenvalue weighted by molar-refractivity contribution is 0.452. The lowest BCUT2D eigenvalue weighted by atomic mass is 10.0. The Labute approximate surface area is 103 Å². The van der Waals surface area contributed by atoms with E-state index in [1.807, 2.05) is 17.9 Å². The molecule has 1 aromatic rings. The van der Waals surface area contributed by atoms with E-state index in [4.69, 9.17) is 11.6 Å². The van der Waals surface area contributed by atoms with Gasteiger partial charge in [0.2, 0.25) is 0 Å². The predicted octanol–water partition coefficient (Wildman–Crippen LogP) is 2.21. The highest BCUT2D eigenvalue weighted by Gasteiger charge is 2.04. The second-order valence-electron chi connectivity index (χ2n) is 4.15. The lowest BCUT2D eigenvalue weighted by Gasteiger charge is -2.14. The van der Waals surface area contributed by atoms with Crippen molar-refractivity contribution in [1.29, 1.82) is 0 Å². The summed E-state index contributed by atoms with van der Waals surface area (Å²) < 4.78 is 1.93. The SMILES string of the molecule is CCC(CCCl)CNCCc1ccnn1C. The molecule has 1 rings (SSSR count). The molecule has 3 nitrogen and oxygen atoms in total. The molecule has 1 unspecified atom stereocenters. The van der Waals surface area contributed by atoms with Crippen LogP contribution in [0.1, 0.15) is 25.5 Å². The standard InChI is InChI=1S/C12H22ClN3/c1-3-11(4-7-13)10-14-8-5-12-6-9-15-16(12)2/h6,9,11,14H,3-5,7-8,10H2,1-2H3. The number of rotatable bonds is 8. The van der Waals surface area contributed by atoms with Gasteiger partial charge in [0.1, 0.15) is 0 Å². The van der Waals surface area contributed by atoms with Crippen molar-refractivity contribution in [3.63, 3.8) is 0 Å². The summed E-state index contributed by atoms with van der Waals surface area (Å²) in [5.41, 5.74) is 1.28. The smallest absolute Gasteiger partial charge is 0.0492 e. The number of alkyl halides is 1. The van der Waals surface area contributed by atoms with E-state index in [-0.39, 0.29) is 0 Å². The molecule has 0 bridgehead atoms. The number of aromatic nitrogens is 2. The molecule has 1 atom stereocenters. The molecule has 0 aromatic carbocycles. The van der Waals surface area contributed by atoms with E-state index in [0.717, 1.165) is 31.8 Å². The summed E-state index contributed by atoms with van der Waals surface area (Å²) in [6, 6.07) is 2.07. The molecule has 1 aromatic heterocycles. The van der Waals surface area contributed by atoms with Gasteiger partial charge in [-0.25, -0.2) is 0 Å². The number of hydrogen-bond donors (Lipinski definition) is 1. The Bertz CT molecular complexity index is 286. The van der Waals surface area contributed by atoms with Crippen LogP contribution in [0.3, 0.4) is 0 Å². The summed E-state index contributed by atoms with van der Waals surface area (Å²) in [6.07, 6.45) is 5.19. The van der Waals surface area contributed by atoms with Crippen LogP contribution >= 0.6 is 11.6 Å². The highest BCUT2D eigenvalue weighted by molar-refractivity contribution is 6.17. The molecule has 1 heterocycles. The van der Waals surface area contributed by atoms with Crippen molar-refractivity contribution in [1.82, 2.24) is 15.1 Å². The number of aryl methyl sites for hydroxylation is 1. The highest BCUT2D eigenvalue weighted by atomic mass is 35.5. The molecule has 0 saturated heterocycles. The zero-order chi connectivity index (χ0) is 11.8. The first-order valence-electron chi connectivity index (χ1n) is 6.01. The van der Waals surface area contributed by atoms with Crippen LogP contribution in [0.15, 0.2) is 12.3 Å². The highest BCUT2D eigenvalue weighted by Crippen LogP contribution is 2.07. The molecule has 1 N–H and O–H groups in total. The minimum Gasteiger partial charge on any atom is -0.316 e. The van der Waals surface area contributed by atoms with Gasteiger partial charge in [0.05, 0.1) is 0 Å². The largest absolute Gasteiger partial charge is 0.316 e. The first-order chi connectivity index (χ1) is 7.77. The summed E-state index contributed by atoms with van der Waals surface area (Å²) in [7, 11) is 1.98. The maximum absolute atomic E-state index is 5.75. The Morgan fingerprint density at radius 2 is 2.38 bits per heavy atom. The van der Waals surface area contributed by atoms with Gasteiger partial charge in [-0.3, -0.25) is 4.68 Å². The van der Waals surface area contributed by atoms with Gasteiger partial charge in [-0.05, 0) is 24.9 Å². The summed E-state index contributed by atoms with van der Waals surface area (Å²) in [6.45, 7) is 4.30. The maximum atomic E-state index is 5.75. The molecule has 0 fully saturated rings. The third-order valence-electron chi connectivity index (χ3n) is 3.01. The molecule has 0 aliphatic rings. The zero-order valence-corrected chi connectivity index (χ0v) is 11.0. The molecule has 0 amide bonds. The van der Waals surface area contributed by atoms with Crippen molar-refractivity contribution in [3.05, 3.63) is 18.0 Å². The molecule has 16 heavy (non-hydrogen) atoms. The normalized spacial score (nSPS) is 12.9. The summed E-state index contributed by atoms with van der Waals surface area (Å²) in [5.74, 6) is 1.48. The van der Waals surface area contributed by atoms with Crippen LogP contribution in [0.4, 0.5) is 0 Å². The van der Waals surface area contributed by atoms with Crippen LogP contribution in [-0.2, 0) is 13.5 Å². The zero-order valence-electron chi connectivity index (χ0n) is 10.2. The van der Waals surface area contributed by atoms with E-state index in [9.17, 15) is 0 Å². The molecule has 0 aliphatic heterocycles. The fraction of sp³-hybridized carbons (Fsp3) is 0.750. The first kappa shape index (κ1) is 13.5. The van der Waals surface area contributed by atoms with Gasteiger partial charge in [-0.1, -0.05) is 13.3 Å². The topological polar surface area (TPSA) is 29.9 Å². The van der Waals surface area contributed by atoms with Gasteiger partial charge in [0.25, 0.3) is 0 Å². The fourth-order valence-electron chi connectivity index (χ4n) is 1.77. The number of halogens is 1. The Hall–Kier alpha value is -0.540. The first-order valence-corrected chi connectivity index (χ1v) is 6.55. The number of hydrogen-bond acceptors (Lipinski definition) is 2. The van der Waals surface area contributed by atoms with Crippen molar-refractivity contribution in [2.75, 3.05) is 19.0 Å². The van der Waals surface area contributed by atoms with Gasteiger partial charge in [0.15, 0.2) is 0 Å². The van der Waals surface area contributed by atoms with Crippen molar-refractivity contribution in [2.45, 2.75) is 26.2 Å². The van der Waals surface area contributed by atoms with Crippen molar-refractivity contribution >= 4 is 11.6 Å². The third kappa shape index (κ3) is 4.54. The van der Waals surface area contributed by atoms with Crippen LogP contribution in [0.5, 0.6) is 0 Å². The lowest BCUT2D eigenvalue weighted by Crippen LogP contribution is -2.25. The molecule has 4 heteroatoms. The molecule has 0 saturated carbocycles. The Morgan fingerprint density at radius 3 is 2.94 bits per heavy atom. The third-order valence-corrected chi connectivity index (χ3v) is 3.23. The summed E-state index contributed by atoms with van der Waals surface area (Å²) in [5, 5.41) is 7.63. The van der Waals surface area contributed by atoms with E-state index >= 15 is 0 Å². The maximum Gasteiger partial charge on any atom is 0.0492 e. The molecule has 0 radical (unpaired) electrons. The summed E-state index contributed by atoms with van der Waals surface area (Å²) in [4.78, 5) is 0. The van der Waals surface area contributed by atoms with Gasteiger partial charge < -0.3 is 5.32 Å². The monoisotopic (exact) mass is 243 g/mol. The average molecular weight is 244 g/mol. The molecular weight excluding hydrogens is 222 g/mol. The van der Waals surface area contributed by atoms with Crippen LogP contribution in [0, 0.1) is 5.92 Å². The van der Waals surface area contributed by atoms with Crippen LogP contribution in [0.25, 0.3) is 0 Å². The van der Waals surface area contributed by atoms with Crippen LogP contribution < -0.4 is 5.32 Å². The fourth-order valence-corrected chi connectivity index (χ4v) is 2.08. The summed E-state index contributed by atoms with van der Waals surface area (Å²) >= 11 is 5.75. The second-order valence-corrected chi connectivity index (χ2v) is 4.53. The van der Waals surface area contributed by atoms with Crippen molar-refractivity contribution in [2.24, 2.45) is 13.0 Å². The van der Waals surface area contributed by atoms with Gasteiger partial charge in [-0.2, -0.15) is 5.10 Å². The minimum absolute atomic E-state index is 0.712. The molecule has 0 spiro atoms. The second kappa shape index (κ2) is 7.69. The van der Waals surface area contributed by atoms with Crippen molar-refractivity contribution < 1.29 is 0 Å². The van der Waals surface area contributed by atoms with Gasteiger partial charge in [-0.15, -0.1) is 11.6 Å². The van der Waals surface area contributed by atoms with E-state index in [1.54, 1.807) is 0 Å². The Kier molecular flexibility index (Phi) is 6.50. The Morgan fingerprint density at radius 1 is 1.56 bits per heavy atom. The van der Waals surface area contributed by atoms with E-state index in [2.05, 4.69) is 23.4 Å². The molecule has 92 valence electrons.